The molecule has 604 valence electrons. The second kappa shape index (κ2) is 34.5. The molecular formula is C89H78Cl2N30O. The molecule has 1 aliphatic carbocycles. The number of benzene rings is 4. The summed E-state index contributed by atoms with van der Waals surface area (Å²) in [6.45, 7) is 7.71. The number of pyridine rings is 4. The lowest BCUT2D eigenvalue weighted by Crippen LogP contribution is -2.17. The molecule has 1 unspecified atom stereocenters. The van der Waals surface area contributed by atoms with Gasteiger partial charge in [0.15, 0.2) is 23.1 Å². The number of aryl methyl sites for hydroxylation is 8. The summed E-state index contributed by atoms with van der Waals surface area (Å²) in [6, 6.07) is 45.0. The lowest BCUT2D eigenvalue weighted by atomic mass is 9.83. The molecule has 4 aromatic carbocycles. The van der Waals surface area contributed by atoms with Crippen molar-refractivity contribution < 1.29 is 5.11 Å². The Morgan fingerprint density at radius 2 is 1.12 bits per heavy atom. The Balaban J connectivity index is 0.000000113. The molecule has 0 saturated carbocycles. The number of nitriles is 1. The van der Waals surface area contributed by atoms with Gasteiger partial charge < -0.3 is 43.3 Å². The maximum atomic E-state index is 9.51. The summed E-state index contributed by atoms with van der Waals surface area (Å²) in [4.78, 5) is 65.5. The van der Waals surface area contributed by atoms with Crippen LogP contribution in [0.4, 0.5) is 29.1 Å². The summed E-state index contributed by atoms with van der Waals surface area (Å²) in [5.74, 6) is 2.93. The van der Waals surface area contributed by atoms with E-state index in [1.807, 2.05) is 224 Å². The normalized spacial score (nSPS) is 12.2. The van der Waals surface area contributed by atoms with Crippen molar-refractivity contribution in [2.24, 2.45) is 21.1 Å². The van der Waals surface area contributed by atoms with Crippen LogP contribution in [0.2, 0.25) is 10.0 Å². The molecule has 20 rings (SSSR count). The van der Waals surface area contributed by atoms with Crippen molar-refractivity contribution in [3.8, 4) is 96.9 Å². The van der Waals surface area contributed by atoms with Crippen molar-refractivity contribution in [3.05, 3.63) is 281 Å². The van der Waals surface area contributed by atoms with E-state index in [2.05, 4.69) is 114 Å². The minimum absolute atomic E-state index is 0.0710. The molecule has 0 bridgehead atoms. The fourth-order valence-electron chi connectivity index (χ4n) is 14.3. The first kappa shape index (κ1) is 80.2. The Kier molecular flexibility index (Phi) is 22.7. The summed E-state index contributed by atoms with van der Waals surface area (Å²) in [7, 11) is 5.58. The number of nitrogen functional groups attached to an aromatic ring is 5. The fourth-order valence-corrected chi connectivity index (χ4v) is 14.9. The van der Waals surface area contributed by atoms with Gasteiger partial charge in [0.05, 0.1) is 74.4 Å². The highest BCUT2D eigenvalue weighted by Gasteiger charge is 2.28. The van der Waals surface area contributed by atoms with Crippen LogP contribution >= 0.6 is 23.2 Å². The van der Waals surface area contributed by atoms with Gasteiger partial charge in [-0.15, -0.1) is 0 Å². The van der Waals surface area contributed by atoms with Crippen molar-refractivity contribution in [2.45, 2.75) is 59.5 Å². The topological polar surface area (TPSA) is 447 Å². The molecule has 19 aromatic rings. The lowest BCUT2D eigenvalue weighted by molar-refractivity contribution is 0.277. The number of fused-ring (bicyclic) bond motifs is 5. The summed E-state index contributed by atoms with van der Waals surface area (Å²) in [5.41, 5.74) is 51.2. The number of aromatic amines is 1. The number of halogens is 2. The second-order valence-electron chi connectivity index (χ2n) is 29.0. The summed E-state index contributed by atoms with van der Waals surface area (Å²) in [6.07, 6.45) is 28.1. The third-order valence-corrected chi connectivity index (χ3v) is 20.9. The molecule has 122 heavy (non-hydrogen) atoms. The Bertz CT molecular complexity index is 7200. The number of nitrogens with zero attached hydrogens (tertiary/aromatic N) is 24. The molecule has 1 aliphatic rings. The number of rotatable bonds is 11. The average Bonchev–Trinajstić information content (AvgIpc) is 1.66. The summed E-state index contributed by atoms with van der Waals surface area (Å²) in [5, 5.41) is 41.7. The number of hydrogen-bond acceptors (Lipinski definition) is 25. The largest absolute Gasteiger partial charge is 0.390 e. The summed E-state index contributed by atoms with van der Waals surface area (Å²) >= 11 is 12.8. The average molecular weight is 1650 g/mol. The van der Waals surface area contributed by atoms with Gasteiger partial charge in [-0.05, 0) is 172 Å². The number of anilines is 5. The van der Waals surface area contributed by atoms with Crippen LogP contribution in [0, 0.1) is 39.0 Å². The minimum Gasteiger partial charge on any atom is -0.390 e. The smallest absolute Gasteiger partial charge is 0.183 e. The number of aliphatic hydroxyl groups excluding tert-OH is 1. The van der Waals surface area contributed by atoms with E-state index < -0.39 is 0 Å². The lowest BCUT2D eigenvalue weighted by Gasteiger charge is -2.24. The maximum Gasteiger partial charge on any atom is 0.183 e. The first-order valence-electron chi connectivity index (χ1n) is 38.4. The van der Waals surface area contributed by atoms with Crippen LogP contribution < -0.4 is 28.7 Å². The molecule has 33 heteroatoms. The number of aliphatic hydroxyl groups is 1. The van der Waals surface area contributed by atoms with Crippen LogP contribution in [0.25, 0.3) is 134 Å². The standard InChI is InChI=1S/C18H14ClN7.C18H14ClN5.C18H16N6O.C18H16N6.C17H18N6/c1-9-8-22-16-11(9)5-10(6-12(16)19)15-17(13-3-4-26(2)25-13)24-18(21)14(7-20)23-15;1-11-4-6-24(10-11)18-17(22-9-15(20)23-18)13-7-12-3-2-5-21-16(12)14(19)8-13;1-11-6-8-24(23-11)18-16(21-15(10-25)17(19)22-18)13-4-5-14-12(9-13)3-2-7-20-14;1-11-5-7-20-14-4-3-12(9-13(11)14)17-18(22-16(19)10-21-17)15-6-8-24(2)23-15;1-23-8-6-14(22-23)17-16(20-10-15(18)21-17)12-4-5-13-11(9-12)3-2-7-19-13/h3-6,8,22H,1-2H3,(H2,21,24);2-10H,1H3,(H2,20,23);2-9,25H,10H2,1H3,(H2,19,22);3-10H,1-2H3,(H2,19,22);2-3,6-8,10,12H,4-5,9H2,1H3,(H2,18,21). The number of H-pyrrole nitrogens is 1. The van der Waals surface area contributed by atoms with Gasteiger partial charge in [-0.3, -0.25) is 43.9 Å². The first-order chi connectivity index (χ1) is 59.1. The molecule has 0 amide bonds. The molecule has 15 aromatic heterocycles. The van der Waals surface area contributed by atoms with Crippen LogP contribution in [-0.2, 0) is 40.6 Å². The van der Waals surface area contributed by atoms with E-state index in [-0.39, 0.29) is 23.9 Å². The van der Waals surface area contributed by atoms with E-state index in [1.165, 1.54) is 16.8 Å². The second-order valence-corrected chi connectivity index (χ2v) is 29.8. The van der Waals surface area contributed by atoms with Gasteiger partial charge in [0, 0.05) is 145 Å². The maximum absolute atomic E-state index is 9.51. The molecule has 0 saturated heterocycles. The van der Waals surface area contributed by atoms with Gasteiger partial charge in [-0.2, -0.15) is 25.7 Å². The van der Waals surface area contributed by atoms with Crippen LogP contribution in [0.5, 0.6) is 0 Å². The number of nitrogens with two attached hydrogens (primary N) is 5. The summed E-state index contributed by atoms with van der Waals surface area (Å²) < 4.78 is 8.72. The molecule has 15 heterocycles. The fraction of sp³-hybridized carbons (Fsp3) is 0.135. The monoisotopic (exact) mass is 1650 g/mol. The number of nitrogens with one attached hydrogen (secondary N) is 1. The number of hydrogen-bond donors (Lipinski definition) is 7. The van der Waals surface area contributed by atoms with Gasteiger partial charge in [0.25, 0.3) is 0 Å². The Hall–Kier alpha value is -15.7. The predicted molar refractivity (Wildman–Crippen MR) is 473 cm³/mol. The Morgan fingerprint density at radius 1 is 0.500 bits per heavy atom. The van der Waals surface area contributed by atoms with Crippen LogP contribution in [0.3, 0.4) is 0 Å². The number of aromatic nitrogens is 24. The van der Waals surface area contributed by atoms with Gasteiger partial charge in [-0.1, -0.05) is 53.5 Å². The van der Waals surface area contributed by atoms with E-state index in [1.54, 1.807) is 55.8 Å². The van der Waals surface area contributed by atoms with Crippen LogP contribution in [0.15, 0.2) is 220 Å². The molecular weight excluding hydrogens is 1580 g/mol. The Morgan fingerprint density at radius 3 is 1.82 bits per heavy atom. The van der Waals surface area contributed by atoms with Crippen LogP contribution in [0.1, 0.15) is 63.1 Å². The molecule has 31 nitrogen and oxygen atoms in total. The SMILES string of the molecule is Cc1c[nH]c2c(Cl)cc(-c3nc(C#N)c(N)nc3-c3ccn(C)n3)cc12.Cc1ccn(-c2nc(N)c(CO)nc2-c2ccc3ncccc3c2)n1.Cc1ccn(-c2nc(N)cnc2-c2cc(Cl)c3ncccc3c2)c1.Cc1ccnc2ccc(-c3ncc(N)nc3-c3ccn(C)n3)cc12.Cn1ccc(-c2nc(N)cnc2C2CCc3ncccc3C2)n1. The first-order valence-corrected chi connectivity index (χ1v) is 39.2. The van der Waals surface area contributed by atoms with E-state index >= 15 is 0 Å². The van der Waals surface area contributed by atoms with Crippen molar-refractivity contribution in [1.29, 1.82) is 5.26 Å². The third-order valence-electron chi connectivity index (χ3n) is 20.3. The van der Waals surface area contributed by atoms with Gasteiger partial charge >= 0.3 is 0 Å². The zero-order valence-electron chi connectivity index (χ0n) is 67.0. The van der Waals surface area contributed by atoms with E-state index in [9.17, 15) is 10.4 Å². The molecule has 0 spiro atoms. The minimum atomic E-state index is -0.278. The van der Waals surface area contributed by atoms with Crippen molar-refractivity contribution in [3.63, 3.8) is 0 Å². The highest BCUT2D eigenvalue weighted by Crippen LogP contribution is 2.40. The molecule has 0 fully saturated rings. The van der Waals surface area contributed by atoms with Gasteiger partial charge in [-0.25, -0.2) is 44.6 Å². The van der Waals surface area contributed by atoms with E-state index in [0.717, 1.165) is 130 Å². The van der Waals surface area contributed by atoms with E-state index in [0.29, 0.717) is 84.9 Å². The highest BCUT2D eigenvalue weighted by molar-refractivity contribution is 6.36. The molecule has 1 atom stereocenters. The molecule has 0 radical (unpaired) electrons. The quantitative estimate of drug-likeness (QED) is 0.0632. The Labute approximate surface area is 707 Å². The van der Waals surface area contributed by atoms with Crippen molar-refractivity contribution in [1.82, 2.24) is 118 Å². The van der Waals surface area contributed by atoms with Crippen molar-refractivity contribution in [2.75, 3.05) is 28.7 Å². The van der Waals surface area contributed by atoms with E-state index in [4.69, 9.17) is 51.9 Å². The van der Waals surface area contributed by atoms with Crippen molar-refractivity contribution >= 4 is 95.9 Å². The third kappa shape index (κ3) is 17.1. The predicted octanol–water partition coefficient (Wildman–Crippen LogP) is 14.8. The zero-order chi connectivity index (χ0) is 85.0. The van der Waals surface area contributed by atoms with Gasteiger partial charge in [0.2, 0.25) is 0 Å². The molecule has 12 N–H and O–H groups in total. The van der Waals surface area contributed by atoms with Crippen LogP contribution in [-0.4, -0.2) is 124 Å². The zero-order valence-corrected chi connectivity index (χ0v) is 68.5. The van der Waals surface area contributed by atoms with Gasteiger partial charge in [0.1, 0.15) is 86.3 Å². The molecule has 0 aliphatic heterocycles. The highest BCUT2D eigenvalue weighted by atomic mass is 35.5.